The standard InChI is InChI=1S/C21H27NO6/c1-4-6-8-17(21(25)26)22-20(24)13(3)27-15-9-10-16-14(7-5-2)11-19(23)28-18(16)12-15/h9-13,17H,4-8H2,1-3H3,(H,22,24)(H,25,26)/t13-,17-/m0/s1. The van der Waals surface area contributed by atoms with Crippen molar-refractivity contribution in [1.29, 1.82) is 0 Å². The number of nitrogens with one attached hydrogen (secondary N) is 1. The van der Waals surface area contributed by atoms with Gasteiger partial charge in [-0.1, -0.05) is 33.1 Å². The van der Waals surface area contributed by atoms with Crippen LogP contribution in [0, 0.1) is 0 Å². The third-order valence-corrected chi connectivity index (χ3v) is 4.46. The zero-order valence-corrected chi connectivity index (χ0v) is 16.5. The van der Waals surface area contributed by atoms with Gasteiger partial charge in [0.15, 0.2) is 6.10 Å². The lowest BCUT2D eigenvalue weighted by Gasteiger charge is -2.19. The first-order valence-electron chi connectivity index (χ1n) is 9.62. The fraction of sp³-hybridized carbons (Fsp3) is 0.476. The number of amides is 1. The van der Waals surface area contributed by atoms with E-state index in [4.69, 9.17) is 9.15 Å². The number of hydrogen-bond acceptors (Lipinski definition) is 5. The van der Waals surface area contributed by atoms with E-state index in [1.165, 1.54) is 6.07 Å². The molecule has 2 rings (SSSR count). The molecule has 152 valence electrons. The molecule has 0 saturated heterocycles. The number of carbonyl (C=O) groups is 2. The Bertz CT molecular complexity index is 888. The normalized spacial score (nSPS) is 13.1. The smallest absolute Gasteiger partial charge is 0.336 e. The maximum absolute atomic E-state index is 12.3. The van der Waals surface area contributed by atoms with Crippen LogP contribution in [-0.2, 0) is 16.0 Å². The molecule has 0 spiro atoms. The molecule has 7 heteroatoms. The van der Waals surface area contributed by atoms with E-state index in [0.29, 0.717) is 24.2 Å². The Morgan fingerprint density at radius 3 is 2.61 bits per heavy atom. The number of carboxylic acid groups (broad SMARTS) is 1. The van der Waals surface area contributed by atoms with E-state index in [2.05, 4.69) is 5.32 Å². The minimum Gasteiger partial charge on any atom is -0.481 e. The highest BCUT2D eigenvalue weighted by molar-refractivity contribution is 5.86. The van der Waals surface area contributed by atoms with Crippen molar-refractivity contribution < 1.29 is 23.8 Å². The van der Waals surface area contributed by atoms with E-state index < -0.39 is 29.6 Å². The third kappa shape index (κ3) is 5.58. The second-order valence-corrected chi connectivity index (χ2v) is 6.80. The highest BCUT2D eigenvalue weighted by atomic mass is 16.5. The number of unbranched alkanes of at least 4 members (excludes halogenated alkanes) is 1. The fourth-order valence-electron chi connectivity index (χ4n) is 2.97. The lowest BCUT2D eigenvalue weighted by molar-refractivity contribution is -0.143. The topological polar surface area (TPSA) is 106 Å². The largest absolute Gasteiger partial charge is 0.481 e. The van der Waals surface area contributed by atoms with E-state index in [0.717, 1.165) is 30.2 Å². The highest BCUT2D eigenvalue weighted by Crippen LogP contribution is 2.24. The van der Waals surface area contributed by atoms with Gasteiger partial charge < -0.3 is 19.6 Å². The van der Waals surface area contributed by atoms with Crippen LogP contribution in [0.15, 0.2) is 33.5 Å². The summed E-state index contributed by atoms with van der Waals surface area (Å²) in [5.41, 5.74) is 0.873. The molecule has 0 aliphatic carbocycles. The number of fused-ring (bicyclic) bond motifs is 1. The highest BCUT2D eigenvalue weighted by Gasteiger charge is 2.23. The lowest BCUT2D eigenvalue weighted by Crippen LogP contribution is -2.46. The van der Waals surface area contributed by atoms with Crippen LogP contribution in [0.5, 0.6) is 5.75 Å². The molecule has 0 aliphatic rings. The molecule has 1 aromatic heterocycles. The van der Waals surface area contributed by atoms with Gasteiger partial charge in [0, 0.05) is 17.5 Å². The van der Waals surface area contributed by atoms with Crippen molar-refractivity contribution in [3.05, 3.63) is 40.2 Å². The molecular formula is C21H27NO6. The number of rotatable bonds is 10. The molecule has 0 bridgehead atoms. The zero-order valence-electron chi connectivity index (χ0n) is 16.5. The van der Waals surface area contributed by atoms with E-state index in [1.54, 1.807) is 25.1 Å². The van der Waals surface area contributed by atoms with Gasteiger partial charge in [0.2, 0.25) is 0 Å². The Morgan fingerprint density at radius 1 is 1.21 bits per heavy atom. The van der Waals surface area contributed by atoms with Crippen LogP contribution < -0.4 is 15.7 Å². The number of benzene rings is 1. The van der Waals surface area contributed by atoms with Gasteiger partial charge in [0.25, 0.3) is 5.91 Å². The van der Waals surface area contributed by atoms with Gasteiger partial charge in [-0.2, -0.15) is 0 Å². The summed E-state index contributed by atoms with van der Waals surface area (Å²) in [7, 11) is 0. The molecule has 0 saturated carbocycles. The van der Waals surface area contributed by atoms with Crippen molar-refractivity contribution in [3.8, 4) is 5.75 Å². The number of aliphatic carboxylic acids is 1. The van der Waals surface area contributed by atoms with Gasteiger partial charge in [-0.3, -0.25) is 4.79 Å². The molecule has 7 nitrogen and oxygen atoms in total. The number of aryl methyl sites for hydroxylation is 1. The summed E-state index contributed by atoms with van der Waals surface area (Å²) in [6.07, 6.45) is 2.67. The van der Waals surface area contributed by atoms with E-state index >= 15 is 0 Å². The van der Waals surface area contributed by atoms with Crippen molar-refractivity contribution >= 4 is 22.8 Å². The van der Waals surface area contributed by atoms with Gasteiger partial charge in [-0.15, -0.1) is 0 Å². The SMILES string of the molecule is CCCC[C@H](NC(=O)[C@H](C)Oc1ccc2c(CCC)cc(=O)oc2c1)C(=O)O. The van der Waals surface area contributed by atoms with Gasteiger partial charge in [-0.05, 0) is 37.5 Å². The van der Waals surface area contributed by atoms with Crippen molar-refractivity contribution in [3.63, 3.8) is 0 Å². The second-order valence-electron chi connectivity index (χ2n) is 6.80. The predicted octanol–water partition coefficient (Wildman–Crippen LogP) is 3.27. The van der Waals surface area contributed by atoms with Crippen LogP contribution in [0.4, 0.5) is 0 Å². The molecule has 0 radical (unpaired) electrons. The van der Waals surface area contributed by atoms with E-state index in [1.807, 2.05) is 13.8 Å². The van der Waals surface area contributed by atoms with Gasteiger partial charge in [0.1, 0.15) is 17.4 Å². The first-order chi connectivity index (χ1) is 13.3. The minimum atomic E-state index is -1.06. The average Bonchev–Trinajstić information content (AvgIpc) is 2.64. The number of ether oxygens (including phenoxy) is 1. The quantitative estimate of drug-likeness (QED) is 0.604. The van der Waals surface area contributed by atoms with Crippen molar-refractivity contribution in [2.45, 2.75) is 65.0 Å². The Morgan fingerprint density at radius 2 is 1.96 bits per heavy atom. The van der Waals surface area contributed by atoms with Crippen LogP contribution in [0.1, 0.15) is 52.0 Å². The van der Waals surface area contributed by atoms with Crippen LogP contribution in [0.3, 0.4) is 0 Å². The molecular weight excluding hydrogens is 362 g/mol. The Labute approximate surface area is 163 Å². The maximum atomic E-state index is 12.3. The van der Waals surface area contributed by atoms with E-state index in [9.17, 15) is 19.5 Å². The molecule has 1 heterocycles. The predicted molar refractivity (Wildman–Crippen MR) is 106 cm³/mol. The van der Waals surface area contributed by atoms with E-state index in [-0.39, 0.29) is 0 Å². The van der Waals surface area contributed by atoms with Crippen molar-refractivity contribution in [1.82, 2.24) is 5.32 Å². The van der Waals surface area contributed by atoms with Gasteiger partial charge >= 0.3 is 11.6 Å². The summed E-state index contributed by atoms with van der Waals surface area (Å²) in [4.78, 5) is 35.4. The first-order valence-corrected chi connectivity index (χ1v) is 9.62. The van der Waals surface area contributed by atoms with Crippen LogP contribution in [0.2, 0.25) is 0 Å². The van der Waals surface area contributed by atoms with Crippen molar-refractivity contribution in [2.24, 2.45) is 0 Å². The third-order valence-electron chi connectivity index (χ3n) is 4.46. The first kappa shape index (κ1) is 21.5. The molecule has 28 heavy (non-hydrogen) atoms. The molecule has 0 aliphatic heterocycles. The number of carbonyl (C=O) groups excluding carboxylic acids is 1. The Balaban J connectivity index is 2.13. The number of carboxylic acids is 1. The number of hydrogen-bond donors (Lipinski definition) is 2. The minimum absolute atomic E-state index is 0.367. The second kappa shape index (κ2) is 9.92. The van der Waals surface area contributed by atoms with Gasteiger partial charge in [0.05, 0.1) is 0 Å². The Kier molecular flexibility index (Phi) is 7.61. The van der Waals surface area contributed by atoms with Crippen LogP contribution >= 0.6 is 0 Å². The molecule has 2 N–H and O–H groups in total. The van der Waals surface area contributed by atoms with Gasteiger partial charge in [-0.25, -0.2) is 9.59 Å². The maximum Gasteiger partial charge on any atom is 0.336 e. The van der Waals surface area contributed by atoms with Crippen molar-refractivity contribution in [2.75, 3.05) is 0 Å². The summed E-state index contributed by atoms with van der Waals surface area (Å²) < 4.78 is 10.9. The molecule has 2 aromatic rings. The average molecular weight is 389 g/mol. The molecule has 2 atom stereocenters. The Hall–Kier alpha value is -2.83. The summed E-state index contributed by atoms with van der Waals surface area (Å²) in [6, 6.07) is 5.63. The summed E-state index contributed by atoms with van der Waals surface area (Å²) in [6.45, 7) is 5.53. The summed E-state index contributed by atoms with van der Waals surface area (Å²) >= 11 is 0. The van der Waals surface area contributed by atoms with Crippen LogP contribution in [-0.4, -0.2) is 29.1 Å². The molecule has 1 amide bonds. The fourth-order valence-corrected chi connectivity index (χ4v) is 2.97. The zero-order chi connectivity index (χ0) is 20.7. The molecule has 1 aromatic carbocycles. The molecule has 0 unspecified atom stereocenters. The molecule has 0 fully saturated rings. The monoisotopic (exact) mass is 389 g/mol. The lowest BCUT2D eigenvalue weighted by atomic mass is 10.1. The summed E-state index contributed by atoms with van der Waals surface area (Å²) in [5, 5.41) is 12.6. The summed E-state index contributed by atoms with van der Waals surface area (Å²) in [5.74, 6) is -1.21. The van der Waals surface area contributed by atoms with Crippen LogP contribution in [0.25, 0.3) is 11.0 Å².